The van der Waals surface area contributed by atoms with Gasteiger partial charge in [-0.2, -0.15) is 0 Å². The Labute approximate surface area is 119 Å². The summed E-state index contributed by atoms with van der Waals surface area (Å²) in [4.78, 5) is 13.8. The molecule has 1 heterocycles. The molecule has 0 spiro atoms. The van der Waals surface area contributed by atoms with E-state index in [1.807, 2.05) is 12.1 Å². The lowest BCUT2D eigenvalue weighted by molar-refractivity contribution is -0.115. The molecule has 0 aromatic heterocycles. The quantitative estimate of drug-likeness (QED) is 0.770. The molecular weight excluding hydrogens is 258 g/mol. The van der Waals surface area contributed by atoms with Crippen LogP contribution in [0, 0.1) is 17.8 Å². The van der Waals surface area contributed by atoms with E-state index in [-0.39, 0.29) is 5.78 Å². The first kappa shape index (κ1) is 12.9. The average Bonchev–Trinajstić information content (AvgIpc) is 2.86. The monoisotopic (exact) mass is 275 g/mol. The van der Waals surface area contributed by atoms with Crippen LogP contribution in [0.15, 0.2) is 36.9 Å². The zero-order valence-corrected chi connectivity index (χ0v) is 11.6. The SMILES string of the molecule is C=CC(=O)CC1[C@H]2CN(Cc3ccc(Cl)cc3)C[C@@H]12. The zero-order chi connectivity index (χ0) is 13.4. The first-order valence-electron chi connectivity index (χ1n) is 6.79. The van der Waals surface area contributed by atoms with Gasteiger partial charge in [0.2, 0.25) is 0 Å². The van der Waals surface area contributed by atoms with Crippen molar-refractivity contribution in [1.82, 2.24) is 4.90 Å². The predicted octanol–water partition coefficient (Wildman–Crippen LogP) is 3.16. The predicted molar refractivity (Wildman–Crippen MR) is 77.0 cm³/mol. The second kappa shape index (κ2) is 5.10. The maximum Gasteiger partial charge on any atom is 0.155 e. The van der Waals surface area contributed by atoms with Crippen LogP contribution in [0.25, 0.3) is 0 Å². The maximum atomic E-state index is 11.4. The standard InChI is InChI=1S/C16H18ClNO/c1-2-13(19)7-14-15-9-18(10-16(14)15)8-11-3-5-12(17)6-4-11/h2-6,14-16H,1,7-10H2/t14?,15-,16+. The summed E-state index contributed by atoms with van der Waals surface area (Å²) in [5.74, 6) is 2.28. The number of halogens is 1. The van der Waals surface area contributed by atoms with Gasteiger partial charge in [-0.15, -0.1) is 0 Å². The molecule has 1 aromatic carbocycles. The second-order valence-electron chi connectivity index (χ2n) is 5.69. The lowest BCUT2D eigenvalue weighted by Gasteiger charge is -2.19. The smallest absolute Gasteiger partial charge is 0.155 e. The maximum absolute atomic E-state index is 11.4. The lowest BCUT2D eigenvalue weighted by Crippen LogP contribution is -2.24. The Bertz CT molecular complexity index is 484. The number of carbonyl (C=O) groups is 1. The van der Waals surface area contributed by atoms with Gasteiger partial charge in [-0.3, -0.25) is 9.69 Å². The minimum absolute atomic E-state index is 0.198. The Morgan fingerprint density at radius 2 is 1.95 bits per heavy atom. The largest absolute Gasteiger partial charge is 0.298 e. The summed E-state index contributed by atoms with van der Waals surface area (Å²) in [5.41, 5.74) is 1.31. The molecule has 100 valence electrons. The van der Waals surface area contributed by atoms with Crippen LogP contribution in [0.4, 0.5) is 0 Å². The number of carbonyl (C=O) groups excluding carboxylic acids is 1. The lowest BCUT2D eigenvalue weighted by atomic mass is 10.1. The van der Waals surface area contributed by atoms with Gasteiger partial charge in [0.25, 0.3) is 0 Å². The third-order valence-electron chi connectivity index (χ3n) is 4.43. The van der Waals surface area contributed by atoms with Gasteiger partial charge in [-0.05, 0) is 41.5 Å². The Morgan fingerprint density at radius 3 is 2.53 bits per heavy atom. The Hall–Kier alpha value is -1.12. The highest BCUT2D eigenvalue weighted by molar-refractivity contribution is 6.30. The number of fused-ring (bicyclic) bond motifs is 1. The molecule has 3 heteroatoms. The summed E-state index contributed by atoms with van der Waals surface area (Å²) in [6.07, 6.45) is 2.16. The molecule has 1 saturated heterocycles. The van der Waals surface area contributed by atoms with Crippen molar-refractivity contribution in [1.29, 1.82) is 0 Å². The van der Waals surface area contributed by atoms with Gasteiger partial charge in [-0.25, -0.2) is 0 Å². The van der Waals surface area contributed by atoms with E-state index in [9.17, 15) is 4.79 Å². The zero-order valence-electron chi connectivity index (χ0n) is 10.9. The van der Waals surface area contributed by atoms with Crippen molar-refractivity contribution >= 4 is 17.4 Å². The third-order valence-corrected chi connectivity index (χ3v) is 4.68. The number of hydrogen-bond donors (Lipinski definition) is 0. The summed E-state index contributed by atoms with van der Waals surface area (Å²) < 4.78 is 0. The van der Waals surface area contributed by atoms with Crippen molar-refractivity contribution in [3.8, 4) is 0 Å². The first-order valence-corrected chi connectivity index (χ1v) is 7.17. The number of nitrogens with zero attached hydrogens (tertiary/aromatic N) is 1. The molecule has 0 bridgehead atoms. The molecule has 2 aliphatic rings. The van der Waals surface area contributed by atoms with Gasteiger partial charge in [0, 0.05) is 31.1 Å². The van der Waals surface area contributed by atoms with E-state index in [1.165, 1.54) is 11.6 Å². The van der Waals surface area contributed by atoms with Crippen LogP contribution in [0.3, 0.4) is 0 Å². The van der Waals surface area contributed by atoms with Crippen molar-refractivity contribution in [2.45, 2.75) is 13.0 Å². The Balaban J connectivity index is 1.49. The van der Waals surface area contributed by atoms with Crippen molar-refractivity contribution in [3.63, 3.8) is 0 Å². The normalized spacial score (nSPS) is 29.0. The van der Waals surface area contributed by atoms with Crippen molar-refractivity contribution in [3.05, 3.63) is 47.5 Å². The van der Waals surface area contributed by atoms with E-state index in [2.05, 4.69) is 23.6 Å². The van der Waals surface area contributed by atoms with Crippen LogP contribution in [0.2, 0.25) is 5.02 Å². The summed E-state index contributed by atoms with van der Waals surface area (Å²) in [7, 11) is 0. The second-order valence-corrected chi connectivity index (χ2v) is 6.12. The van der Waals surface area contributed by atoms with Crippen LogP contribution in [-0.2, 0) is 11.3 Å². The number of hydrogen-bond acceptors (Lipinski definition) is 2. The fraction of sp³-hybridized carbons (Fsp3) is 0.438. The average molecular weight is 276 g/mol. The molecule has 1 saturated carbocycles. The van der Waals surface area contributed by atoms with Gasteiger partial charge < -0.3 is 0 Å². The molecule has 1 aliphatic heterocycles. The van der Waals surface area contributed by atoms with E-state index in [4.69, 9.17) is 11.6 Å². The van der Waals surface area contributed by atoms with Crippen molar-refractivity contribution in [2.75, 3.05) is 13.1 Å². The van der Waals surface area contributed by atoms with Gasteiger partial charge in [0.1, 0.15) is 0 Å². The minimum atomic E-state index is 0.198. The van der Waals surface area contributed by atoms with Crippen LogP contribution in [0.5, 0.6) is 0 Å². The molecule has 2 fully saturated rings. The summed E-state index contributed by atoms with van der Waals surface area (Å²) >= 11 is 5.89. The first-order chi connectivity index (χ1) is 9.17. The fourth-order valence-corrected chi connectivity index (χ4v) is 3.46. The van der Waals surface area contributed by atoms with E-state index >= 15 is 0 Å². The number of benzene rings is 1. The van der Waals surface area contributed by atoms with E-state index in [1.54, 1.807) is 0 Å². The molecule has 0 N–H and O–H groups in total. The fourth-order valence-electron chi connectivity index (χ4n) is 3.33. The van der Waals surface area contributed by atoms with Gasteiger partial charge in [0.05, 0.1) is 0 Å². The molecule has 0 radical (unpaired) electrons. The van der Waals surface area contributed by atoms with Crippen LogP contribution < -0.4 is 0 Å². The number of ketones is 1. The highest BCUT2D eigenvalue weighted by Crippen LogP contribution is 2.53. The number of allylic oxidation sites excluding steroid dienone is 1. The molecule has 1 unspecified atom stereocenters. The molecule has 3 rings (SSSR count). The number of rotatable bonds is 5. The molecule has 19 heavy (non-hydrogen) atoms. The topological polar surface area (TPSA) is 20.3 Å². The molecule has 0 amide bonds. The molecule has 2 nitrogen and oxygen atoms in total. The molecule has 1 aliphatic carbocycles. The highest BCUT2D eigenvalue weighted by atomic mass is 35.5. The van der Waals surface area contributed by atoms with Gasteiger partial charge >= 0.3 is 0 Å². The summed E-state index contributed by atoms with van der Waals surface area (Å²) in [6.45, 7) is 6.79. The number of piperidine rings is 1. The third kappa shape index (κ3) is 2.75. The van der Waals surface area contributed by atoms with E-state index < -0.39 is 0 Å². The van der Waals surface area contributed by atoms with Crippen LogP contribution in [0.1, 0.15) is 12.0 Å². The van der Waals surface area contributed by atoms with Crippen LogP contribution in [-0.4, -0.2) is 23.8 Å². The molecule has 1 aromatic rings. The van der Waals surface area contributed by atoms with Gasteiger partial charge in [-0.1, -0.05) is 30.3 Å². The molecule has 3 atom stereocenters. The van der Waals surface area contributed by atoms with Crippen molar-refractivity contribution in [2.24, 2.45) is 17.8 Å². The highest BCUT2D eigenvalue weighted by Gasteiger charge is 2.55. The minimum Gasteiger partial charge on any atom is -0.298 e. The summed E-state index contributed by atoms with van der Waals surface area (Å²) in [5, 5.41) is 0.788. The number of likely N-dealkylation sites (tertiary alicyclic amines) is 1. The van der Waals surface area contributed by atoms with Crippen LogP contribution >= 0.6 is 11.6 Å². The van der Waals surface area contributed by atoms with Gasteiger partial charge in [0.15, 0.2) is 5.78 Å². The van der Waals surface area contributed by atoms with E-state index in [0.29, 0.717) is 12.3 Å². The Morgan fingerprint density at radius 1 is 1.32 bits per heavy atom. The Kier molecular flexibility index (Phi) is 3.46. The summed E-state index contributed by atoms with van der Waals surface area (Å²) in [6, 6.07) is 8.06. The molecular formula is C16H18ClNO. The van der Waals surface area contributed by atoms with Crippen molar-refractivity contribution < 1.29 is 4.79 Å². The van der Waals surface area contributed by atoms with E-state index in [0.717, 1.165) is 36.5 Å².